The third kappa shape index (κ3) is 5.43. The third-order valence-corrected chi connectivity index (χ3v) is 4.95. The number of hydrogen-bond acceptors (Lipinski definition) is 4. The van der Waals surface area contributed by atoms with Crippen LogP contribution in [0.1, 0.15) is 11.1 Å². The van der Waals surface area contributed by atoms with Gasteiger partial charge in [-0.05, 0) is 34.9 Å². The fourth-order valence-corrected chi connectivity index (χ4v) is 3.38. The molecule has 0 radical (unpaired) electrons. The first-order valence-corrected chi connectivity index (χ1v) is 9.45. The Bertz CT molecular complexity index is 773. The third-order valence-electron chi connectivity index (χ3n) is 3.94. The van der Waals surface area contributed by atoms with Crippen LogP contribution in [0.4, 0.5) is 0 Å². The zero-order chi connectivity index (χ0) is 17.3. The molecule has 1 aromatic heterocycles. The Morgan fingerprint density at radius 1 is 0.880 bits per heavy atom. The standard InChI is InChI=1S/C21H23N3S/c22-13-17-6-8-21(9-7-17)25-11-10-23-14-18-12-20(16-24-15-18)19-4-2-1-3-5-19/h1-9,12,15-16,23H,10-11,13-14,22H2. The first kappa shape index (κ1) is 17.7. The van der Waals surface area contributed by atoms with E-state index in [9.17, 15) is 0 Å². The van der Waals surface area contributed by atoms with Crippen molar-refractivity contribution in [3.63, 3.8) is 0 Å². The molecule has 0 fully saturated rings. The lowest BCUT2D eigenvalue weighted by molar-refractivity contribution is 0.730. The van der Waals surface area contributed by atoms with E-state index in [1.807, 2.05) is 30.2 Å². The van der Waals surface area contributed by atoms with Gasteiger partial charge in [0.05, 0.1) is 0 Å². The average molecular weight is 350 g/mol. The molecule has 0 spiro atoms. The monoisotopic (exact) mass is 349 g/mol. The van der Waals surface area contributed by atoms with Crippen molar-refractivity contribution in [1.29, 1.82) is 0 Å². The summed E-state index contributed by atoms with van der Waals surface area (Å²) < 4.78 is 0. The van der Waals surface area contributed by atoms with Crippen LogP contribution in [0, 0.1) is 0 Å². The molecule has 3 N–H and O–H groups in total. The lowest BCUT2D eigenvalue weighted by atomic mass is 10.1. The molecule has 3 aromatic rings. The van der Waals surface area contributed by atoms with Crippen molar-refractivity contribution in [3.8, 4) is 11.1 Å². The van der Waals surface area contributed by atoms with Gasteiger partial charge in [0.1, 0.15) is 0 Å². The highest BCUT2D eigenvalue weighted by Gasteiger charge is 2.00. The van der Waals surface area contributed by atoms with Gasteiger partial charge in [-0.1, -0.05) is 42.5 Å². The second-order valence-electron chi connectivity index (χ2n) is 5.82. The van der Waals surface area contributed by atoms with Gasteiger partial charge in [0.15, 0.2) is 0 Å². The minimum Gasteiger partial charge on any atom is -0.326 e. The van der Waals surface area contributed by atoms with Crippen LogP contribution in [0.25, 0.3) is 11.1 Å². The predicted octanol–water partition coefficient (Wildman–Crippen LogP) is 4.09. The lowest BCUT2D eigenvalue weighted by Crippen LogP contribution is -2.16. The normalized spacial score (nSPS) is 10.8. The summed E-state index contributed by atoms with van der Waals surface area (Å²) in [4.78, 5) is 5.65. The summed E-state index contributed by atoms with van der Waals surface area (Å²) in [5, 5.41) is 3.49. The number of rotatable bonds is 8. The number of benzene rings is 2. The summed E-state index contributed by atoms with van der Waals surface area (Å²) in [6, 6.07) is 21.0. The van der Waals surface area contributed by atoms with Crippen molar-refractivity contribution in [2.75, 3.05) is 12.3 Å². The number of pyridine rings is 1. The Morgan fingerprint density at radius 2 is 1.68 bits per heavy atom. The number of aromatic nitrogens is 1. The molecule has 3 nitrogen and oxygen atoms in total. The van der Waals surface area contributed by atoms with Gasteiger partial charge >= 0.3 is 0 Å². The zero-order valence-corrected chi connectivity index (χ0v) is 15.0. The maximum absolute atomic E-state index is 5.62. The molecule has 2 aromatic carbocycles. The van der Waals surface area contributed by atoms with E-state index in [0.717, 1.165) is 24.4 Å². The van der Waals surface area contributed by atoms with Crippen molar-refractivity contribution >= 4 is 11.8 Å². The van der Waals surface area contributed by atoms with Gasteiger partial charge in [0.2, 0.25) is 0 Å². The van der Waals surface area contributed by atoms with E-state index < -0.39 is 0 Å². The number of thioether (sulfide) groups is 1. The number of nitrogens with zero attached hydrogens (tertiary/aromatic N) is 1. The van der Waals surface area contributed by atoms with E-state index in [-0.39, 0.29) is 0 Å². The van der Waals surface area contributed by atoms with Crippen LogP contribution in [0.5, 0.6) is 0 Å². The van der Waals surface area contributed by atoms with Crippen LogP contribution in [0.3, 0.4) is 0 Å². The Hall–Kier alpha value is -2.14. The summed E-state index contributed by atoms with van der Waals surface area (Å²) in [5.41, 5.74) is 10.4. The summed E-state index contributed by atoms with van der Waals surface area (Å²) in [7, 11) is 0. The Kier molecular flexibility index (Phi) is 6.63. The van der Waals surface area contributed by atoms with Crippen molar-refractivity contribution in [3.05, 3.63) is 84.2 Å². The van der Waals surface area contributed by atoms with Crippen molar-refractivity contribution in [1.82, 2.24) is 10.3 Å². The van der Waals surface area contributed by atoms with Gasteiger partial charge in [-0.15, -0.1) is 11.8 Å². The molecule has 0 amide bonds. The Morgan fingerprint density at radius 3 is 2.44 bits per heavy atom. The van der Waals surface area contributed by atoms with Gasteiger partial charge in [-0.3, -0.25) is 4.98 Å². The van der Waals surface area contributed by atoms with Crippen LogP contribution in [-0.4, -0.2) is 17.3 Å². The van der Waals surface area contributed by atoms with Gasteiger partial charge in [-0.2, -0.15) is 0 Å². The molecule has 0 saturated heterocycles. The van der Waals surface area contributed by atoms with Crippen LogP contribution < -0.4 is 11.1 Å². The van der Waals surface area contributed by atoms with Crippen LogP contribution in [-0.2, 0) is 13.1 Å². The Labute approximate surface area is 153 Å². The molecule has 0 unspecified atom stereocenters. The van der Waals surface area contributed by atoms with E-state index in [1.165, 1.54) is 21.6 Å². The van der Waals surface area contributed by atoms with Gasteiger partial charge in [0.25, 0.3) is 0 Å². The van der Waals surface area contributed by atoms with E-state index in [4.69, 9.17) is 5.73 Å². The fourth-order valence-electron chi connectivity index (χ4n) is 2.57. The number of nitrogens with one attached hydrogen (secondary N) is 1. The van der Waals surface area contributed by atoms with Gasteiger partial charge in [-0.25, -0.2) is 0 Å². The molecule has 0 aliphatic rings. The maximum atomic E-state index is 5.62. The van der Waals surface area contributed by atoms with Crippen LogP contribution >= 0.6 is 11.8 Å². The minimum atomic E-state index is 0.600. The maximum Gasteiger partial charge on any atom is 0.0346 e. The van der Waals surface area contributed by atoms with E-state index in [1.54, 1.807) is 0 Å². The molecule has 1 heterocycles. The second-order valence-corrected chi connectivity index (χ2v) is 6.99. The highest BCUT2D eigenvalue weighted by Crippen LogP contribution is 2.19. The molecule has 0 aliphatic carbocycles. The lowest BCUT2D eigenvalue weighted by Gasteiger charge is -2.07. The van der Waals surface area contributed by atoms with E-state index in [2.05, 4.69) is 64.9 Å². The van der Waals surface area contributed by atoms with Gasteiger partial charge in [0, 0.05) is 48.2 Å². The molecule has 0 bridgehead atoms. The van der Waals surface area contributed by atoms with Crippen molar-refractivity contribution < 1.29 is 0 Å². The highest BCUT2D eigenvalue weighted by atomic mass is 32.2. The van der Waals surface area contributed by atoms with E-state index >= 15 is 0 Å². The molecular weight excluding hydrogens is 326 g/mol. The summed E-state index contributed by atoms with van der Waals surface area (Å²) in [6.07, 6.45) is 3.85. The number of hydrogen-bond donors (Lipinski definition) is 2. The van der Waals surface area contributed by atoms with Crippen LogP contribution in [0.15, 0.2) is 78.0 Å². The topological polar surface area (TPSA) is 50.9 Å². The Balaban J connectivity index is 1.44. The van der Waals surface area contributed by atoms with Crippen LogP contribution in [0.2, 0.25) is 0 Å². The molecule has 3 rings (SSSR count). The quantitative estimate of drug-likeness (QED) is 0.475. The molecule has 25 heavy (non-hydrogen) atoms. The zero-order valence-electron chi connectivity index (χ0n) is 14.2. The first-order valence-electron chi connectivity index (χ1n) is 8.47. The fraction of sp³-hybridized carbons (Fsp3) is 0.190. The molecule has 4 heteroatoms. The largest absolute Gasteiger partial charge is 0.326 e. The summed E-state index contributed by atoms with van der Waals surface area (Å²) in [6.45, 7) is 2.39. The molecule has 0 atom stereocenters. The smallest absolute Gasteiger partial charge is 0.0346 e. The predicted molar refractivity (Wildman–Crippen MR) is 106 cm³/mol. The summed E-state index contributed by atoms with van der Waals surface area (Å²) >= 11 is 1.86. The SMILES string of the molecule is NCc1ccc(SCCNCc2cncc(-c3ccccc3)c2)cc1. The molecule has 0 saturated carbocycles. The van der Waals surface area contributed by atoms with Gasteiger partial charge < -0.3 is 11.1 Å². The molecule has 0 aliphatic heterocycles. The number of nitrogens with two attached hydrogens (primary N) is 1. The summed E-state index contributed by atoms with van der Waals surface area (Å²) in [5.74, 6) is 1.04. The average Bonchev–Trinajstić information content (AvgIpc) is 2.69. The highest BCUT2D eigenvalue weighted by molar-refractivity contribution is 7.99. The first-order chi connectivity index (χ1) is 12.3. The molecular formula is C21H23N3S. The van der Waals surface area contributed by atoms with Crippen molar-refractivity contribution in [2.24, 2.45) is 5.73 Å². The molecule has 128 valence electrons. The minimum absolute atomic E-state index is 0.600. The second kappa shape index (κ2) is 9.37. The van der Waals surface area contributed by atoms with Crippen molar-refractivity contribution in [2.45, 2.75) is 18.0 Å². The van der Waals surface area contributed by atoms with E-state index in [0.29, 0.717) is 6.54 Å².